The molecule has 8 aromatic rings. The Hall–Kier alpha value is -8.10. The third-order valence-electron chi connectivity index (χ3n) is 14.6. The zero-order chi connectivity index (χ0) is 63.0. The molecule has 0 unspecified atom stereocenters. The summed E-state index contributed by atoms with van der Waals surface area (Å²) in [6, 6.07) is 20.9. The van der Waals surface area contributed by atoms with E-state index in [9.17, 15) is 32.3 Å². The number of halogens is 7. The number of carbonyl (C=O) groups is 4. The van der Waals surface area contributed by atoms with Crippen LogP contribution in [0.4, 0.5) is 29.2 Å². The van der Waals surface area contributed by atoms with E-state index >= 15 is 4.39 Å². The van der Waals surface area contributed by atoms with Crippen LogP contribution in [-0.2, 0) is 41.5 Å². The number of aromatic nitrogens is 2. The molecule has 4 aromatic heterocycles. The van der Waals surface area contributed by atoms with E-state index in [0.29, 0.717) is 108 Å². The van der Waals surface area contributed by atoms with E-state index in [4.69, 9.17) is 62.3 Å². The summed E-state index contributed by atoms with van der Waals surface area (Å²) in [5, 5.41) is 7.50. The van der Waals surface area contributed by atoms with Crippen molar-refractivity contribution < 1.29 is 64.4 Å². The van der Waals surface area contributed by atoms with Gasteiger partial charge in [-0.05, 0) is 157 Å². The maximum Gasteiger partial charge on any atom is 0.494 e. The molecule has 3 aliphatic heterocycles. The normalized spacial score (nSPS) is 15.5. The molecule has 0 radical (unpaired) electrons. The lowest BCUT2D eigenvalue weighted by atomic mass is 9.78. The smallest absolute Gasteiger partial charge is 0.458 e. The molecule has 26 heteroatoms. The number of nitrogens with two attached hydrogens (primary N) is 2. The van der Waals surface area contributed by atoms with Gasteiger partial charge >= 0.3 is 7.12 Å². The standard InChI is InChI=1S/C28H23ClF2N4O4.C23H25BClN3O4.C11H10BrF2NO2/c29-22-11-17(20-12-24(31)21(13-23(20)30)28(37)35-5-7-38-8-6-35)9-18-10-19(39-27(18)22)15-34-26(36)4-2-16-1-3-25(32)33-14-16;1-22(2)23(3,4)32-24(31-22)16-9-15-10-17(30-21(15)18(25)11-16)13-28-20(29)8-6-14-5-7-19(26)27-12-14;12-8-6-9(13)7(5-10(8)14)11(16)15-1-3-17-4-2-15/h1-4,9-14H,5-8,15H2,(H2,32,33)(H,34,36);5-12H,13H2,1-4H3,(H2,26,27)(H,28,29);5-6H,1-4H2/b4-2+;8-6+;. The molecule has 458 valence electrons. The average molecular weight is 1310 g/mol. The van der Waals surface area contributed by atoms with E-state index in [1.807, 2.05) is 39.8 Å². The molecular weight excluding hydrogens is 1250 g/mol. The van der Waals surface area contributed by atoms with Crippen LogP contribution in [0.15, 0.2) is 123 Å². The second-order valence-corrected chi connectivity index (χ2v) is 23.0. The molecule has 0 aliphatic carbocycles. The maximum atomic E-state index is 15.1. The number of anilines is 2. The van der Waals surface area contributed by atoms with Gasteiger partial charge in [0.15, 0.2) is 11.2 Å². The van der Waals surface area contributed by atoms with Crippen LogP contribution >= 0.6 is 39.1 Å². The Kier molecular flexibility index (Phi) is 20.4. The molecule has 11 rings (SSSR count). The lowest BCUT2D eigenvalue weighted by molar-refractivity contribution is -0.117. The summed E-state index contributed by atoms with van der Waals surface area (Å²) in [6.45, 7) is 11.3. The number of carbonyl (C=O) groups excluding carboxylic acids is 4. The summed E-state index contributed by atoms with van der Waals surface area (Å²) in [5.74, 6) is -2.87. The first-order chi connectivity index (χ1) is 41.9. The Bertz CT molecular complexity index is 3960. The number of nitrogen functional groups attached to an aromatic ring is 2. The van der Waals surface area contributed by atoms with Gasteiger partial charge in [0, 0.05) is 67.1 Å². The van der Waals surface area contributed by atoms with Gasteiger partial charge in [-0.2, -0.15) is 0 Å². The van der Waals surface area contributed by atoms with Crippen molar-refractivity contribution >= 4 is 121 Å². The van der Waals surface area contributed by atoms with Gasteiger partial charge in [0.25, 0.3) is 11.8 Å². The van der Waals surface area contributed by atoms with Gasteiger partial charge in [-0.3, -0.25) is 19.2 Å². The number of benzene rings is 4. The number of amides is 4. The van der Waals surface area contributed by atoms with Crippen LogP contribution in [0.3, 0.4) is 0 Å². The molecule has 3 fully saturated rings. The number of hydrogen-bond acceptors (Lipinski definition) is 14. The van der Waals surface area contributed by atoms with Gasteiger partial charge in [0.1, 0.15) is 46.4 Å². The monoisotopic (exact) mass is 1310 g/mol. The van der Waals surface area contributed by atoms with E-state index in [1.165, 1.54) is 28.0 Å². The van der Waals surface area contributed by atoms with E-state index in [0.717, 1.165) is 40.7 Å². The van der Waals surface area contributed by atoms with Crippen LogP contribution in [0, 0.1) is 23.3 Å². The zero-order valence-electron chi connectivity index (χ0n) is 47.9. The summed E-state index contributed by atoms with van der Waals surface area (Å²) >= 11 is 15.7. The first-order valence-corrected chi connectivity index (χ1v) is 29.0. The molecule has 0 saturated carbocycles. The van der Waals surface area contributed by atoms with Crippen molar-refractivity contribution in [1.82, 2.24) is 30.4 Å². The lowest BCUT2D eigenvalue weighted by Gasteiger charge is -2.32. The summed E-state index contributed by atoms with van der Waals surface area (Å²) in [6.07, 6.45) is 9.18. The van der Waals surface area contributed by atoms with Crippen LogP contribution in [-0.4, -0.2) is 114 Å². The summed E-state index contributed by atoms with van der Waals surface area (Å²) < 4.78 is 91.1. The second-order valence-electron chi connectivity index (χ2n) is 21.3. The van der Waals surface area contributed by atoms with Crippen LogP contribution in [0.25, 0.3) is 45.2 Å². The Morgan fingerprint density at radius 2 is 1.07 bits per heavy atom. The number of fused-ring (bicyclic) bond motifs is 2. The van der Waals surface area contributed by atoms with Gasteiger partial charge in [0.05, 0.1) is 76.4 Å². The third kappa shape index (κ3) is 15.8. The Morgan fingerprint density at radius 3 is 1.55 bits per heavy atom. The zero-order valence-corrected chi connectivity index (χ0v) is 51.0. The molecule has 4 amide bonds. The summed E-state index contributed by atoms with van der Waals surface area (Å²) in [7, 11) is -0.520. The van der Waals surface area contributed by atoms with Crippen LogP contribution in [0.1, 0.15) is 71.1 Å². The first kappa shape index (κ1) is 64.4. The number of ether oxygens (including phenoxy) is 2. The third-order valence-corrected chi connectivity index (χ3v) is 15.7. The number of pyridine rings is 2. The predicted molar refractivity (Wildman–Crippen MR) is 330 cm³/mol. The van der Waals surface area contributed by atoms with E-state index < -0.39 is 53.4 Å². The van der Waals surface area contributed by atoms with Gasteiger partial charge in [-0.15, -0.1) is 0 Å². The van der Waals surface area contributed by atoms with Crippen molar-refractivity contribution in [3.63, 3.8) is 0 Å². The first-order valence-electron chi connectivity index (χ1n) is 27.4. The van der Waals surface area contributed by atoms with E-state index in [2.05, 4.69) is 36.5 Å². The van der Waals surface area contributed by atoms with Gasteiger partial charge < -0.3 is 59.5 Å². The molecule has 7 heterocycles. The Labute approximate surface area is 521 Å². The van der Waals surface area contributed by atoms with Crippen LogP contribution in [0.5, 0.6) is 0 Å². The highest BCUT2D eigenvalue weighted by Gasteiger charge is 2.52. The van der Waals surface area contributed by atoms with Crippen LogP contribution in [0.2, 0.25) is 10.0 Å². The fourth-order valence-electron chi connectivity index (χ4n) is 9.13. The minimum Gasteiger partial charge on any atom is -0.458 e. The topological polar surface area (TPSA) is 240 Å². The number of hydrogen-bond donors (Lipinski definition) is 4. The average Bonchev–Trinajstić information content (AvgIpc) is 2.61. The summed E-state index contributed by atoms with van der Waals surface area (Å²) in [5.41, 5.74) is 13.1. The Balaban J connectivity index is 0.000000169. The molecule has 3 saturated heterocycles. The van der Waals surface area contributed by atoms with Crippen molar-refractivity contribution in [1.29, 1.82) is 0 Å². The predicted octanol–water partition coefficient (Wildman–Crippen LogP) is 10.7. The van der Waals surface area contributed by atoms with Crippen molar-refractivity contribution in [3.8, 4) is 11.1 Å². The van der Waals surface area contributed by atoms with E-state index in [-0.39, 0.29) is 51.1 Å². The molecule has 0 spiro atoms. The van der Waals surface area contributed by atoms with Gasteiger partial charge in [-0.1, -0.05) is 29.3 Å². The van der Waals surface area contributed by atoms with Crippen molar-refractivity contribution in [2.24, 2.45) is 0 Å². The Morgan fingerprint density at radius 1 is 0.614 bits per heavy atom. The largest absolute Gasteiger partial charge is 0.494 e. The minimum absolute atomic E-state index is 0.00790. The second kappa shape index (κ2) is 27.9. The highest BCUT2D eigenvalue weighted by atomic mass is 79.9. The quantitative estimate of drug-likeness (QED) is 0.0385. The van der Waals surface area contributed by atoms with E-state index in [1.54, 1.807) is 67.0 Å². The van der Waals surface area contributed by atoms with Crippen molar-refractivity contribution in [2.75, 3.05) is 64.1 Å². The molecule has 3 aliphatic rings. The number of nitrogens with one attached hydrogen (secondary N) is 2. The number of rotatable bonds is 12. The number of morpholine rings is 2. The molecular formula is C62H58BBrCl2F4N8O10. The SMILES string of the molecule is CC1(C)OB(c2cc(Cl)c3oc(CNC(=O)/C=C/c4ccc(N)nc4)cc3c2)OC1(C)C.Nc1ccc(/C=C/C(=O)NCc2cc3cc(-c4cc(F)c(C(=O)N5CCOCC5)cc4F)cc(Cl)c3o2)cn1.O=C(c1cc(F)c(Br)cc1F)N1CCOCC1. The van der Waals surface area contributed by atoms with Crippen LogP contribution < -0.4 is 27.6 Å². The summed E-state index contributed by atoms with van der Waals surface area (Å²) in [4.78, 5) is 59.8. The molecule has 0 atom stereocenters. The highest BCUT2D eigenvalue weighted by Crippen LogP contribution is 2.38. The molecule has 18 nitrogen and oxygen atoms in total. The molecule has 4 aromatic carbocycles. The van der Waals surface area contributed by atoms with Crippen molar-refractivity contribution in [3.05, 3.63) is 181 Å². The molecule has 6 N–H and O–H groups in total. The van der Waals surface area contributed by atoms with Gasteiger partial charge in [0.2, 0.25) is 11.8 Å². The minimum atomic E-state index is -0.836. The fraction of sp³-hybridized carbons (Fsp3) is 0.258. The number of furan rings is 2. The van der Waals surface area contributed by atoms with Crippen molar-refractivity contribution in [2.45, 2.75) is 52.0 Å². The lowest BCUT2D eigenvalue weighted by Crippen LogP contribution is -2.41. The fourth-order valence-corrected chi connectivity index (χ4v) is 9.98. The highest BCUT2D eigenvalue weighted by molar-refractivity contribution is 9.10. The maximum absolute atomic E-state index is 15.1. The van der Waals surface area contributed by atoms with Gasteiger partial charge in [-0.25, -0.2) is 27.5 Å². The molecule has 88 heavy (non-hydrogen) atoms. The number of nitrogens with zero attached hydrogens (tertiary/aromatic N) is 4. The molecule has 0 bridgehead atoms.